The van der Waals surface area contributed by atoms with Crippen LogP contribution < -0.4 is 15.5 Å². The topological polar surface area (TPSA) is 77.2 Å². The van der Waals surface area contributed by atoms with Gasteiger partial charge in [-0.05, 0) is 35.7 Å². The zero-order valence-electron chi connectivity index (χ0n) is 15.7. The van der Waals surface area contributed by atoms with Gasteiger partial charge in [-0.1, -0.05) is 30.3 Å². The molecule has 0 unspecified atom stereocenters. The highest BCUT2D eigenvalue weighted by atomic mass is 16.2. The minimum Gasteiger partial charge on any atom is -0.361 e. The number of carbonyl (C=O) groups is 2. The highest BCUT2D eigenvalue weighted by Crippen LogP contribution is 2.19. The molecule has 144 valence electrons. The number of piperazine rings is 1. The van der Waals surface area contributed by atoms with Gasteiger partial charge in [0.25, 0.3) is 0 Å². The number of carbonyl (C=O) groups excluding carboxylic acids is 2. The number of aryl methyl sites for hydroxylation is 1. The Kier molecular flexibility index (Phi) is 5.28. The second-order valence-electron chi connectivity index (χ2n) is 7.07. The Morgan fingerprint density at radius 3 is 2.75 bits per heavy atom. The van der Waals surface area contributed by atoms with Crippen LogP contribution in [0.2, 0.25) is 0 Å². The van der Waals surface area contributed by atoms with Gasteiger partial charge in [0.05, 0.1) is 6.54 Å². The van der Waals surface area contributed by atoms with Gasteiger partial charge < -0.3 is 20.5 Å². The van der Waals surface area contributed by atoms with Crippen molar-refractivity contribution in [2.24, 2.45) is 0 Å². The summed E-state index contributed by atoms with van der Waals surface area (Å²) in [6, 6.07) is 16.1. The standard InChI is InChI=1S/C22H24N4O2/c27-21(10-7-17-14-24-20-4-2-1-3-19(17)20)25-13-16-5-8-18(9-6-16)26-12-11-23-22(28)15-26/h1-6,8-9,14,24H,7,10-13,15H2,(H,23,28)(H,25,27). The summed E-state index contributed by atoms with van der Waals surface area (Å²) < 4.78 is 0. The molecule has 2 amide bonds. The summed E-state index contributed by atoms with van der Waals surface area (Å²) in [7, 11) is 0. The van der Waals surface area contributed by atoms with Gasteiger partial charge in [-0.15, -0.1) is 0 Å². The van der Waals surface area contributed by atoms with Crippen LogP contribution in [0.1, 0.15) is 17.5 Å². The van der Waals surface area contributed by atoms with Crippen LogP contribution in [0.4, 0.5) is 5.69 Å². The number of hydrogen-bond donors (Lipinski definition) is 3. The number of nitrogens with zero attached hydrogens (tertiary/aromatic N) is 1. The lowest BCUT2D eigenvalue weighted by molar-refractivity contribution is -0.121. The van der Waals surface area contributed by atoms with Crippen molar-refractivity contribution < 1.29 is 9.59 Å². The molecule has 1 aliphatic heterocycles. The van der Waals surface area contributed by atoms with Crippen molar-refractivity contribution in [3.63, 3.8) is 0 Å². The largest absolute Gasteiger partial charge is 0.361 e. The molecule has 1 saturated heterocycles. The number of aromatic amines is 1. The van der Waals surface area contributed by atoms with Crippen LogP contribution in [0, 0.1) is 0 Å². The number of fused-ring (bicyclic) bond motifs is 1. The lowest BCUT2D eigenvalue weighted by atomic mass is 10.1. The van der Waals surface area contributed by atoms with Gasteiger partial charge in [0.2, 0.25) is 11.8 Å². The number of nitrogens with one attached hydrogen (secondary N) is 3. The van der Waals surface area contributed by atoms with E-state index in [0.717, 1.165) is 23.3 Å². The van der Waals surface area contributed by atoms with Gasteiger partial charge in [-0.3, -0.25) is 9.59 Å². The second-order valence-corrected chi connectivity index (χ2v) is 7.07. The Morgan fingerprint density at radius 2 is 1.93 bits per heavy atom. The van der Waals surface area contributed by atoms with E-state index in [0.29, 0.717) is 32.5 Å². The van der Waals surface area contributed by atoms with Crippen molar-refractivity contribution in [3.05, 3.63) is 65.9 Å². The predicted octanol–water partition coefficient (Wildman–Crippen LogP) is 2.35. The number of amides is 2. The van der Waals surface area contributed by atoms with Gasteiger partial charge in [0.15, 0.2) is 0 Å². The van der Waals surface area contributed by atoms with E-state index in [-0.39, 0.29) is 11.8 Å². The van der Waals surface area contributed by atoms with Crippen molar-refractivity contribution in [2.45, 2.75) is 19.4 Å². The van der Waals surface area contributed by atoms with E-state index in [1.807, 2.05) is 48.7 Å². The Labute approximate surface area is 163 Å². The highest BCUT2D eigenvalue weighted by molar-refractivity contribution is 5.84. The van der Waals surface area contributed by atoms with Crippen molar-refractivity contribution in [3.8, 4) is 0 Å². The van der Waals surface area contributed by atoms with Crippen molar-refractivity contribution in [2.75, 3.05) is 24.5 Å². The fraction of sp³-hybridized carbons (Fsp3) is 0.273. The van der Waals surface area contributed by atoms with E-state index in [4.69, 9.17) is 0 Å². The molecule has 0 radical (unpaired) electrons. The third-order valence-electron chi connectivity index (χ3n) is 5.13. The third-order valence-corrected chi connectivity index (χ3v) is 5.13. The fourth-order valence-electron chi connectivity index (χ4n) is 3.56. The molecule has 6 nitrogen and oxygen atoms in total. The average Bonchev–Trinajstić information content (AvgIpc) is 3.14. The van der Waals surface area contributed by atoms with Crippen molar-refractivity contribution in [1.29, 1.82) is 0 Å². The molecule has 1 aliphatic rings. The lowest BCUT2D eigenvalue weighted by Crippen LogP contribution is -2.47. The van der Waals surface area contributed by atoms with Gasteiger partial charge in [-0.25, -0.2) is 0 Å². The minimum atomic E-state index is 0.0436. The van der Waals surface area contributed by atoms with E-state index >= 15 is 0 Å². The number of para-hydroxylation sites is 1. The number of H-pyrrole nitrogens is 1. The SMILES string of the molecule is O=C(CCc1c[nH]c2ccccc12)NCc1ccc(N2CCNC(=O)C2)cc1. The molecule has 1 aromatic heterocycles. The predicted molar refractivity (Wildman–Crippen MR) is 110 cm³/mol. The summed E-state index contributed by atoms with van der Waals surface area (Å²) in [5.41, 5.74) is 4.35. The van der Waals surface area contributed by atoms with E-state index in [2.05, 4.69) is 26.6 Å². The van der Waals surface area contributed by atoms with E-state index in [1.54, 1.807) is 0 Å². The number of aromatic nitrogens is 1. The van der Waals surface area contributed by atoms with Crippen LogP contribution in [0.5, 0.6) is 0 Å². The van der Waals surface area contributed by atoms with Gasteiger partial charge in [0.1, 0.15) is 0 Å². The van der Waals surface area contributed by atoms with Crippen LogP contribution in [-0.2, 0) is 22.6 Å². The lowest BCUT2D eigenvalue weighted by Gasteiger charge is -2.28. The summed E-state index contributed by atoms with van der Waals surface area (Å²) in [5, 5.41) is 6.99. The molecule has 2 aromatic carbocycles. The maximum absolute atomic E-state index is 12.2. The van der Waals surface area contributed by atoms with Crippen molar-refractivity contribution >= 4 is 28.4 Å². The Morgan fingerprint density at radius 1 is 1.11 bits per heavy atom. The van der Waals surface area contributed by atoms with Gasteiger partial charge in [0, 0.05) is 48.8 Å². The smallest absolute Gasteiger partial charge is 0.239 e. The van der Waals surface area contributed by atoms with Crippen LogP contribution in [0.25, 0.3) is 10.9 Å². The molecule has 6 heteroatoms. The van der Waals surface area contributed by atoms with E-state index < -0.39 is 0 Å². The van der Waals surface area contributed by atoms with Crippen molar-refractivity contribution in [1.82, 2.24) is 15.6 Å². The highest BCUT2D eigenvalue weighted by Gasteiger charge is 2.16. The maximum Gasteiger partial charge on any atom is 0.239 e. The number of anilines is 1. The first-order valence-electron chi connectivity index (χ1n) is 9.61. The molecule has 1 fully saturated rings. The zero-order valence-corrected chi connectivity index (χ0v) is 15.7. The third kappa shape index (κ3) is 4.17. The second kappa shape index (κ2) is 8.17. The minimum absolute atomic E-state index is 0.0436. The van der Waals surface area contributed by atoms with Crippen LogP contribution in [-0.4, -0.2) is 36.4 Å². The summed E-state index contributed by atoms with van der Waals surface area (Å²) >= 11 is 0. The molecular weight excluding hydrogens is 352 g/mol. The molecule has 0 bridgehead atoms. The van der Waals surface area contributed by atoms with Gasteiger partial charge in [-0.2, -0.15) is 0 Å². The molecular formula is C22H24N4O2. The monoisotopic (exact) mass is 376 g/mol. The summed E-state index contributed by atoms with van der Waals surface area (Å²) in [6.07, 6.45) is 3.16. The fourth-order valence-corrected chi connectivity index (χ4v) is 3.56. The Bertz CT molecular complexity index is 978. The number of hydrogen-bond acceptors (Lipinski definition) is 3. The average molecular weight is 376 g/mol. The molecule has 4 rings (SSSR count). The molecule has 0 saturated carbocycles. The molecule has 0 spiro atoms. The van der Waals surface area contributed by atoms with Crippen LogP contribution in [0.15, 0.2) is 54.7 Å². The van der Waals surface area contributed by atoms with E-state index in [9.17, 15) is 9.59 Å². The molecule has 3 aromatic rings. The first-order chi connectivity index (χ1) is 13.7. The molecule has 0 aliphatic carbocycles. The normalized spacial score (nSPS) is 14.1. The molecule has 0 atom stereocenters. The number of benzene rings is 2. The quantitative estimate of drug-likeness (QED) is 0.618. The summed E-state index contributed by atoms with van der Waals surface area (Å²) in [4.78, 5) is 29.0. The first-order valence-corrected chi connectivity index (χ1v) is 9.61. The van der Waals surface area contributed by atoms with Crippen LogP contribution in [0.3, 0.4) is 0 Å². The van der Waals surface area contributed by atoms with Gasteiger partial charge >= 0.3 is 0 Å². The Balaban J connectivity index is 1.27. The zero-order chi connectivity index (χ0) is 19.3. The molecule has 3 N–H and O–H groups in total. The Hall–Kier alpha value is -3.28. The molecule has 28 heavy (non-hydrogen) atoms. The first kappa shape index (κ1) is 18.1. The maximum atomic E-state index is 12.2. The summed E-state index contributed by atoms with van der Waals surface area (Å²) in [6.45, 7) is 2.39. The van der Waals surface area contributed by atoms with E-state index in [1.165, 1.54) is 10.9 Å². The van der Waals surface area contributed by atoms with Crippen LogP contribution >= 0.6 is 0 Å². The summed E-state index contributed by atoms with van der Waals surface area (Å²) in [5.74, 6) is 0.0971. The molecule has 2 heterocycles. The number of rotatable bonds is 6.